The predicted molar refractivity (Wildman–Crippen MR) is 118 cm³/mol. The highest BCUT2D eigenvalue weighted by Gasteiger charge is 2.18. The summed E-state index contributed by atoms with van der Waals surface area (Å²) in [6.07, 6.45) is 9.08. The standard InChI is InChI=1S/C26H28O3/c1-29-25-14-13-22(17-24(25)18-7-5-3-2-4-6-8-18)20-9-10-21-16-23(26(27)28)12-11-19(21)15-20/h9-18H,2-8H2,1H3,(H,27,28). The minimum Gasteiger partial charge on any atom is -0.496 e. The van der Waals surface area contributed by atoms with E-state index in [2.05, 4.69) is 30.3 Å². The Kier molecular flexibility index (Phi) is 5.84. The Balaban J connectivity index is 1.70. The third-order valence-electron chi connectivity index (χ3n) is 6.20. The summed E-state index contributed by atoms with van der Waals surface area (Å²) in [7, 11) is 1.76. The van der Waals surface area contributed by atoms with Gasteiger partial charge in [-0.1, -0.05) is 56.4 Å². The molecule has 150 valence electrons. The van der Waals surface area contributed by atoms with Gasteiger partial charge in [0.15, 0.2) is 0 Å². The van der Waals surface area contributed by atoms with Gasteiger partial charge in [-0.15, -0.1) is 0 Å². The van der Waals surface area contributed by atoms with Crippen molar-refractivity contribution in [1.29, 1.82) is 0 Å². The average Bonchev–Trinajstić information content (AvgIpc) is 2.72. The van der Waals surface area contributed by atoms with E-state index in [1.54, 1.807) is 19.2 Å². The number of benzene rings is 3. The molecule has 1 fully saturated rings. The summed E-state index contributed by atoms with van der Waals surface area (Å²) in [4.78, 5) is 11.2. The molecule has 0 bridgehead atoms. The molecule has 1 N–H and O–H groups in total. The first-order valence-electron chi connectivity index (χ1n) is 10.6. The summed E-state index contributed by atoms with van der Waals surface area (Å²) in [6, 6.07) is 18.1. The SMILES string of the molecule is COc1ccc(-c2ccc3cc(C(=O)O)ccc3c2)cc1C1CCCCCCC1. The number of rotatable bonds is 4. The van der Waals surface area contributed by atoms with Gasteiger partial charge in [0, 0.05) is 0 Å². The monoisotopic (exact) mass is 388 g/mol. The Bertz CT molecular complexity index is 1010. The van der Waals surface area contributed by atoms with Gasteiger partial charge in [0.05, 0.1) is 12.7 Å². The van der Waals surface area contributed by atoms with E-state index in [1.165, 1.54) is 56.1 Å². The molecule has 4 rings (SSSR count). The van der Waals surface area contributed by atoms with Crippen LogP contribution in [-0.4, -0.2) is 18.2 Å². The Morgan fingerprint density at radius 1 is 0.828 bits per heavy atom. The largest absolute Gasteiger partial charge is 0.496 e. The zero-order chi connectivity index (χ0) is 20.2. The third-order valence-corrected chi connectivity index (χ3v) is 6.20. The van der Waals surface area contributed by atoms with Gasteiger partial charge in [-0.05, 0) is 76.6 Å². The summed E-state index contributed by atoms with van der Waals surface area (Å²) in [5.74, 6) is 0.657. The fourth-order valence-electron chi connectivity index (χ4n) is 4.56. The maximum atomic E-state index is 11.2. The van der Waals surface area contributed by atoms with Gasteiger partial charge < -0.3 is 9.84 Å². The maximum absolute atomic E-state index is 11.2. The highest BCUT2D eigenvalue weighted by molar-refractivity contribution is 5.95. The lowest BCUT2D eigenvalue weighted by Crippen LogP contribution is -2.05. The van der Waals surface area contributed by atoms with Crippen molar-refractivity contribution in [2.45, 2.75) is 50.9 Å². The molecule has 0 radical (unpaired) electrons. The molecule has 29 heavy (non-hydrogen) atoms. The van der Waals surface area contributed by atoms with Gasteiger partial charge in [0.25, 0.3) is 0 Å². The van der Waals surface area contributed by atoms with Gasteiger partial charge in [0.1, 0.15) is 5.75 Å². The Morgan fingerprint density at radius 2 is 1.45 bits per heavy atom. The van der Waals surface area contributed by atoms with Gasteiger partial charge in [-0.2, -0.15) is 0 Å². The van der Waals surface area contributed by atoms with Crippen LogP contribution in [0.5, 0.6) is 5.75 Å². The number of hydrogen-bond donors (Lipinski definition) is 1. The number of ether oxygens (including phenoxy) is 1. The molecule has 0 aromatic heterocycles. The maximum Gasteiger partial charge on any atom is 0.335 e. The van der Waals surface area contributed by atoms with Crippen LogP contribution in [0.2, 0.25) is 0 Å². The number of methoxy groups -OCH3 is 1. The minimum absolute atomic E-state index is 0.321. The van der Waals surface area contributed by atoms with E-state index in [0.29, 0.717) is 11.5 Å². The molecule has 0 spiro atoms. The van der Waals surface area contributed by atoms with E-state index in [4.69, 9.17) is 4.74 Å². The van der Waals surface area contributed by atoms with Crippen molar-refractivity contribution in [3.05, 3.63) is 65.7 Å². The van der Waals surface area contributed by atoms with Gasteiger partial charge >= 0.3 is 5.97 Å². The quantitative estimate of drug-likeness (QED) is 0.521. The van der Waals surface area contributed by atoms with Crippen LogP contribution in [0.1, 0.15) is 66.8 Å². The van der Waals surface area contributed by atoms with Crippen molar-refractivity contribution >= 4 is 16.7 Å². The van der Waals surface area contributed by atoms with Gasteiger partial charge in [-0.25, -0.2) is 4.79 Å². The van der Waals surface area contributed by atoms with E-state index < -0.39 is 5.97 Å². The van der Waals surface area contributed by atoms with Crippen molar-refractivity contribution in [3.8, 4) is 16.9 Å². The molecule has 1 aliphatic rings. The second-order valence-corrected chi connectivity index (χ2v) is 8.08. The summed E-state index contributed by atoms with van der Waals surface area (Å²) in [6.45, 7) is 0. The topological polar surface area (TPSA) is 46.5 Å². The lowest BCUT2D eigenvalue weighted by atomic mass is 9.84. The second kappa shape index (κ2) is 8.69. The van der Waals surface area contributed by atoms with Crippen molar-refractivity contribution in [2.24, 2.45) is 0 Å². The lowest BCUT2D eigenvalue weighted by Gasteiger charge is -2.23. The molecule has 3 aromatic carbocycles. The predicted octanol–water partition coefficient (Wildman–Crippen LogP) is 7.04. The number of aromatic carboxylic acids is 1. The van der Waals surface area contributed by atoms with Crippen LogP contribution in [0.4, 0.5) is 0 Å². The first-order valence-corrected chi connectivity index (χ1v) is 10.6. The lowest BCUT2D eigenvalue weighted by molar-refractivity contribution is 0.0697. The molecule has 1 aliphatic carbocycles. The molecule has 1 saturated carbocycles. The van der Waals surface area contributed by atoms with Crippen LogP contribution in [-0.2, 0) is 0 Å². The summed E-state index contributed by atoms with van der Waals surface area (Å²) in [5.41, 5.74) is 3.98. The molecule has 0 saturated heterocycles. The molecular weight excluding hydrogens is 360 g/mol. The van der Waals surface area contributed by atoms with Crippen LogP contribution in [0, 0.1) is 0 Å². The molecule has 0 unspecified atom stereocenters. The zero-order valence-corrected chi connectivity index (χ0v) is 17.0. The van der Waals surface area contributed by atoms with Gasteiger partial charge in [0.2, 0.25) is 0 Å². The third kappa shape index (κ3) is 4.29. The smallest absolute Gasteiger partial charge is 0.335 e. The molecule has 0 amide bonds. The Morgan fingerprint density at radius 3 is 2.17 bits per heavy atom. The van der Waals surface area contributed by atoms with Crippen LogP contribution >= 0.6 is 0 Å². The van der Waals surface area contributed by atoms with Gasteiger partial charge in [-0.3, -0.25) is 0 Å². The number of hydrogen-bond acceptors (Lipinski definition) is 2. The molecule has 0 atom stereocenters. The zero-order valence-electron chi connectivity index (χ0n) is 17.0. The van der Waals surface area contributed by atoms with E-state index in [0.717, 1.165) is 22.1 Å². The van der Waals surface area contributed by atoms with Crippen molar-refractivity contribution in [2.75, 3.05) is 7.11 Å². The minimum atomic E-state index is -0.894. The Labute approximate surface area is 172 Å². The van der Waals surface area contributed by atoms with Crippen molar-refractivity contribution in [3.63, 3.8) is 0 Å². The highest BCUT2D eigenvalue weighted by atomic mass is 16.5. The fourth-order valence-corrected chi connectivity index (χ4v) is 4.56. The molecule has 0 heterocycles. The number of carbonyl (C=O) groups is 1. The first kappa shape index (κ1) is 19.5. The van der Waals surface area contributed by atoms with Crippen LogP contribution in [0.15, 0.2) is 54.6 Å². The van der Waals surface area contributed by atoms with E-state index in [1.807, 2.05) is 12.1 Å². The van der Waals surface area contributed by atoms with E-state index >= 15 is 0 Å². The normalized spacial score (nSPS) is 15.6. The van der Waals surface area contributed by atoms with E-state index in [-0.39, 0.29) is 0 Å². The molecule has 3 heteroatoms. The first-order chi connectivity index (χ1) is 14.2. The number of carboxylic acid groups (broad SMARTS) is 1. The Hall–Kier alpha value is -2.81. The molecule has 0 aliphatic heterocycles. The number of carboxylic acids is 1. The summed E-state index contributed by atoms with van der Waals surface area (Å²) < 4.78 is 5.71. The molecule has 3 nitrogen and oxygen atoms in total. The summed E-state index contributed by atoms with van der Waals surface area (Å²) >= 11 is 0. The average molecular weight is 389 g/mol. The van der Waals surface area contributed by atoms with Crippen molar-refractivity contribution in [1.82, 2.24) is 0 Å². The van der Waals surface area contributed by atoms with Crippen molar-refractivity contribution < 1.29 is 14.6 Å². The second-order valence-electron chi connectivity index (χ2n) is 8.08. The molecular formula is C26H28O3. The summed E-state index contributed by atoms with van der Waals surface area (Å²) in [5, 5.41) is 11.2. The molecule has 3 aromatic rings. The number of fused-ring (bicyclic) bond motifs is 1. The fraction of sp³-hybridized carbons (Fsp3) is 0.346. The van der Waals surface area contributed by atoms with Crippen LogP contribution in [0.3, 0.4) is 0 Å². The van der Waals surface area contributed by atoms with E-state index in [9.17, 15) is 9.90 Å². The van der Waals surface area contributed by atoms with Crippen LogP contribution < -0.4 is 4.74 Å². The van der Waals surface area contributed by atoms with Crippen LogP contribution in [0.25, 0.3) is 21.9 Å². The highest BCUT2D eigenvalue weighted by Crippen LogP contribution is 2.38.